The average Bonchev–Trinajstić information content (AvgIpc) is 2.37. The first-order chi connectivity index (χ1) is 9.01. The highest BCUT2D eigenvalue weighted by Crippen LogP contribution is 2.28. The van der Waals surface area contributed by atoms with Crippen molar-refractivity contribution in [3.05, 3.63) is 46.4 Å². The van der Waals surface area contributed by atoms with Gasteiger partial charge in [-0.05, 0) is 44.4 Å². The zero-order chi connectivity index (χ0) is 14.0. The summed E-state index contributed by atoms with van der Waals surface area (Å²) in [4.78, 5) is 8.64. The molecule has 2 rings (SSSR count). The van der Waals surface area contributed by atoms with E-state index in [1.165, 1.54) is 0 Å². The summed E-state index contributed by atoms with van der Waals surface area (Å²) in [5.41, 5.74) is 10.7. The minimum absolute atomic E-state index is 0.523. The molecule has 100 valence electrons. The molecule has 0 aliphatic carbocycles. The highest BCUT2D eigenvalue weighted by Gasteiger charge is 2.09. The van der Waals surface area contributed by atoms with Crippen LogP contribution in [-0.4, -0.2) is 9.97 Å². The molecule has 1 aromatic carbocycles. The van der Waals surface area contributed by atoms with Crippen molar-refractivity contribution in [3.63, 3.8) is 0 Å². The van der Waals surface area contributed by atoms with Gasteiger partial charge in [-0.2, -0.15) is 0 Å². The maximum Gasteiger partial charge on any atom is 0.238 e. The molecule has 1 aromatic heterocycles. The van der Waals surface area contributed by atoms with Crippen molar-refractivity contribution in [2.75, 3.05) is 0 Å². The Hall–Kier alpha value is -1.94. The van der Waals surface area contributed by atoms with Crippen LogP contribution in [-0.2, 0) is 6.54 Å². The molecule has 0 saturated heterocycles. The van der Waals surface area contributed by atoms with Gasteiger partial charge in [0, 0.05) is 6.54 Å². The van der Waals surface area contributed by atoms with Crippen LogP contribution >= 0.6 is 0 Å². The summed E-state index contributed by atoms with van der Waals surface area (Å²) in [6.07, 6.45) is 1.65. The third-order valence-electron chi connectivity index (χ3n) is 3.13. The van der Waals surface area contributed by atoms with Gasteiger partial charge in [-0.3, -0.25) is 4.98 Å². The largest absolute Gasteiger partial charge is 0.437 e. The number of nitrogens with two attached hydrogens (primary N) is 1. The Labute approximate surface area is 113 Å². The van der Waals surface area contributed by atoms with Gasteiger partial charge >= 0.3 is 0 Å². The van der Waals surface area contributed by atoms with Gasteiger partial charge in [0.2, 0.25) is 5.88 Å². The van der Waals surface area contributed by atoms with Gasteiger partial charge in [0.1, 0.15) is 5.75 Å². The SMILES string of the molecule is Cc1cc(CN)cc(C)c1Oc1cnc(C)c(C)n1. The lowest BCUT2D eigenvalue weighted by Gasteiger charge is -2.13. The van der Waals surface area contributed by atoms with Crippen LogP contribution < -0.4 is 10.5 Å². The molecular weight excluding hydrogens is 238 g/mol. The van der Waals surface area contributed by atoms with Gasteiger partial charge in [-0.15, -0.1) is 0 Å². The minimum atomic E-state index is 0.523. The van der Waals surface area contributed by atoms with E-state index in [9.17, 15) is 0 Å². The number of hydrogen-bond donors (Lipinski definition) is 1. The molecule has 0 unspecified atom stereocenters. The van der Waals surface area contributed by atoms with E-state index in [0.29, 0.717) is 12.4 Å². The molecule has 1 heterocycles. The zero-order valence-electron chi connectivity index (χ0n) is 11.8. The number of rotatable bonds is 3. The lowest BCUT2D eigenvalue weighted by Crippen LogP contribution is -2.01. The molecule has 4 heteroatoms. The summed E-state index contributed by atoms with van der Waals surface area (Å²) in [6, 6.07) is 4.08. The van der Waals surface area contributed by atoms with E-state index in [-0.39, 0.29) is 0 Å². The van der Waals surface area contributed by atoms with Crippen LogP contribution in [0.4, 0.5) is 0 Å². The molecule has 4 nitrogen and oxygen atoms in total. The number of nitrogens with zero attached hydrogens (tertiary/aromatic N) is 2. The highest BCUT2D eigenvalue weighted by molar-refractivity contribution is 5.45. The smallest absolute Gasteiger partial charge is 0.238 e. The first-order valence-corrected chi connectivity index (χ1v) is 6.29. The fourth-order valence-electron chi connectivity index (χ4n) is 1.99. The summed E-state index contributed by atoms with van der Waals surface area (Å²) < 4.78 is 5.86. The van der Waals surface area contributed by atoms with Gasteiger partial charge in [-0.1, -0.05) is 12.1 Å². The second kappa shape index (κ2) is 5.36. The maximum absolute atomic E-state index is 5.86. The van der Waals surface area contributed by atoms with Crippen molar-refractivity contribution < 1.29 is 4.74 Å². The fourth-order valence-corrected chi connectivity index (χ4v) is 1.99. The van der Waals surface area contributed by atoms with Crippen molar-refractivity contribution in [2.24, 2.45) is 5.73 Å². The lowest BCUT2D eigenvalue weighted by atomic mass is 10.1. The van der Waals surface area contributed by atoms with Gasteiger partial charge in [-0.25, -0.2) is 4.98 Å². The molecule has 0 radical (unpaired) electrons. The van der Waals surface area contributed by atoms with Crippen LogP contribution in [0.5, 0.6) is 11.6 Å². The van der Waals surface area contributed by atoms with Crippen molar-refractivity contribution in [2.45, 2.75) is 34.2 Å². The molecule has 2 N–H and O–H groups in total. The number of ether oxygens (including phenoxy) is 1. The van der Waals surface area contributed by atoms with Crippen molar-refractivity contribution in [1.82, 2.24) is 9.97 Å². The number of hydrogen-bond acceptors (Lipinski definition) is 4. The quantitative estimate of drug-likeness (QED) is 0.918. The number of aromatic nitrogens is 2. The van der Waals surface area contributed by atoms with Crippen molar-refractivity contribution in [3.8, 4) is 11.6 Å². The van der Waals surface area contributed by atoms with E-state index in [1.807, 2.05) is 39.8 Å². The van der Waals surface area contributed by atoms with Crippen molar-refractivity contribution in [1.29, 1.82) is 0 Å². The standard InChI is InChI=1S/C15H19N3O/c1-9-5-13(7-16)6-10(2)15(9)19-14-8-17-11(3)12(4)18-14/h5-6,8H,7,16H2,1-4H3. The third-order valence-corrected chi connectivity index (χ3v) is 3.13. The van der Waals surface area contributed by atoms with Crippen molar-refractivity contribution >= 4 is 0 Å². The zero-order valence-corrected chi connectivity index (χ0v) is 11.8. The van der Waals surface area contributed by atoms with Crippen LogP contribution in [0, 0.1) is 27.7 Å². The normalized spacial score (nSPS) is 10.6. The van der Waals surface area contributed by atoms with Crippen LogP contribution in [0.3, 0.4) is 0 Å². The Morgan fingerprint density at radius 2 is 1.68 bits per heavy atom. The summed E-state index contributed by atoms with van der Waals surface area (Å²) >= 11 is 0. The monoisotopic (exact) mass is 257 g/mol. The topological polar surface area (TPSA) is 61.0 Å². The predicted octanol–water partition coefficient (Wildman–Crippen LogP) is 2.96. The highest BCUT2D eigenvalue weighted by atomic mass is 16.5. The van der Waals surface area contributed by atoms with Crippen LogP contribution in [0.1, 0.15) is 28.1 Å². The molecule has 2 aromatic rings. The Morgan fingerprint density at radius 1 is 1.05 bits per heavy atom. The number of aryl methyl sites for hydroxylation is 4. The molecule has 0 aliphatic rings. The van der Waals surface area contributed by atoms with Gasteiger partial charge in [0.05, 0.1) is 17.6 Å². The van der Waals surface area contributed by atoms with E-state index < -0.39 is 0 Å². The Bertz CT molecular complexity index is 585. The summed E-state index contributed by atoms with van der Waals surface area (Å²) in [5, 5.41) is 0. The van der Waals surface area contributed by atoms with E-state index in [0.717, 1.165) is 33.8 Å². The second-order valence-electron chi connectivity index (χ2n) is 4.74. The van der Waals surface area contributed by atoms with E-state index in [1.54, 1.807) is 6.20 Å². The predicted molar refractivity (Wildman–Crippen MR) is 75.4 cm³/mol. The summed E-state index contributed by atoms with van der Waals surface area (Å²) in [6.45, 7) is 8.41. The van der Waals surface area contributed by atoms with Crippen LogP contribution in [0.15, 0.2) is 18.3 Å². The van der Waals surface area contributed by atoms with E-state index in [2.05, 4.69) is 9.97 Å². The maximum atomic E-state index is 5.86. The van der Waals surface area contributed by atoms with Gasteiger partial charge < -0.3 is 10.5 Å². The van der Waals surface area contributed by atoms with E-state index in [4.69, 9.17) is 10.5 Å². The molecule has 0 amide bonds. The Balaban J connectivity index is 2.35. The Morgan fingerprint density at radius 3 is 2.21 bits per heavy atom. The van der Waals surface area contributed by atoms with Gasteiger partial charge in [0.15, 0.2) is 0 Å². The lowest BCUT2D eigenvalue weighted by molar-refractivity contribution is 0.451. The molecule has 0 fully saturated rings. The first-order valence-electron chi connectivity index (χ1n) is 6.29. The first kappa shape index (κ1) is 13.5. The van der Waals surface area contributed by atoms with Crippen LogP contribution in [0.25, 0.3) is 0 Å². The number of benzene rings is 1. The molecule has 19 heavy (non-hydrogen) atoms. The molecule has 0 saturated carbocycles. The van der Waals surface area contributed by atoms with Crippen LogP contribution in [0.2, 0.25) is 0 Å². The molecule has 0 spiro atoms. The summed E-state index contributed by atoms with van der Waals surface area (Å²) in [7, 11) is 0. The van der Waals surface area contributed by atoms with E-state index >= 15 is 0 Å². The second-order valence-corrected chi connectivity index (χ2v) is 4.74. The Kier molecular flexibility index (Phi) is 3.81. The average molecular weight is 257 g/mol. The molecule has 0 bridgehead atoms. The fraction of sp³-hybridized carbons (Fsp3) is 0.333. The van der Waals surface area contributed by atoms with Gasteiger partial charge in [0.25, 0.3) is 0 Å². The minimum Gasteiger partial charge on any atom is -0.437 e. The molecule has 0 atom stereocenters. The third kappa shape index (κ3) is 2.90. The molecule has 0 aliphatic heterocycles. The molecular formula is C15H19N3O. The summed E-state index contributed by atoms with van der Waals surface area (Å²) in [5.74, 6) is 1.35.